The van der Waals surface area contributed by atoms with E-state index >= 15 is 0 Å². The third-order valence-electron chi connectivity index (χ3n) is 0. The summed E-state index contributed by atoms with van der Waals surface area (Å²) in [5, 5.41) is 14.8. The van der Waals surface area contributed by atoms with Crippen LogP contribution >= 0.6 is 0 Å². The summed E-state index contributed by atoms with van der Waals surface area (Å²) in [5.74, 6) is 0. The van der Waals surface area contributed by atoms with Crippen molar-refractivity contribution in [3.05, 3.63) is 0 Å². The number of nitriles is 2. The van der Waals surface area contributed by atoms with Crippen LogP contribution in [0.3, 0.4) is 0 Å². The molecule has 0 unspecified atom stereocenters. The molecule has 0 aromatic carbocycles. The molecule has 0 aliphatic heterocycles. The van der Waals surface area contributed by atoms with Gasteiger partial charge in [-0.25, -0.2) is 0 Å². The summed E-state index contributed by atoms with van der Waals surface area (Å²) in [7, 11) is 0. The zero-order valence-electron chi connectivity index (χ0n) is 4.50. The van der Waals surface area contributed by atoms with Crippen LogP contribution in [-0.2, 0) is 35.3 Å². The van der Waals surface area contributed by atoms with Crippen LogP contribution in [0.25, 0.3) is 0 Å². The van der Waals surface area contributed by atoms with Gasteiger partial charge in [-0.15, -0.1) is 0 Å². The average molecular weight is 524 g/mol. The van der Waals surface area contributed by atoms with Crippen molar-refractivity contribution in [2.45, 2.75) is 0 Å². The van der Waals surface area contributed by atoms with Gasteiger partial charge in [-0.3, -0.25) is 0 Å². The predicted molar refractivity (Wildman–Crippen MR) is 22.7 cm³/mol. The van der Waals surface area contributed by atoms with Crippen molar-refractivity contribution >= 4 is 97.9 Å². The number of hydrogen-bond donors (Lipinski definition) is 0. The van der Waals surface area contributed by atoms with Crippen molar-refractivity contribution in [1.82, 2.24) is 0 Å². The second-order valence-electron chi connectivity index (χ2n) is 0.447. The van der Waals surface area contributed by atoms with Crippen LogP contribution in [0.4, 0.5) is 0 Å². The minimum absolute atomic E-state index is 0.410. The topological polar surface area (TPSA) is 47.6 Å². The average Bonchev–Trinajstić information content (AvgIpc) is 1.75. The fourth-order valence-corrected chi connectivity index (χ4v) is 0. The quantitative estimate of drug-likeness (QED) is 0.393. The van der Waals surface area contributed by atoms with E-state index in [0.717, 1.165) is 0 Å². The van der Waals surface area contributed by atoms with Gasteiger partial charge >= 0.3 is 144 Å². The van der Waals surface area contributed by atoms with Gasteiger partial charge in [0.15, 0.2) is 0 Å². The molecule has 0 amide bonds. The molecule has 0 saturated heterocycles. The predicted octanol–water partition coefficient (Wildman–Crippen LogP) is -0.733. The first-order valence-electron chi connectivity index (χ1n) is 1.54. The van der Waals surface area contributed by atoms with Gasteiger partial charge in [0.2, 0.25) is 0 Å². The molecule has 0 radical (unpaired) electrons. The molecule has 0 aromatic heterocycles. The third kappa shape index (κ3) is 53.3. The Morgan fingerprint density at radius 2 is 1.00 bits per heavy atom. The van der Waals surface area contributed by atoms with Crippen LogP contribution in [-0.4, -0.2) is 97.9 Å². The van der Waals surface area contributed by atoms with Gasteiger partial charge in [-0.1, -0.05) is 0 Å². The molecule has 8 heavy (non-hydrogen) atoms. The summed E-state index contributed by atoms with van der Waals surface area (Å²) in [6, 6.07) is 0. The van der Waals surface area contributed by atoms with Gasteiger partial charge in [0.25, 0.3) is 0 Å². The summed E-state index contributed by atoms with van der Waals surface area (Å²) in [4.78, 5) is 0. The zero-order valence-corrected chi connectivity index (χ0v) is 15.1. The van der Waals surface area contributed by atoms with Crippen molar-refractivity contribution in [2.24, 2.45) is 0 Å². The van der Waals surface area contributed by atoms with Gasteiger partial charge in [0.05, 0.1) is 0 Å². The Bertz CT molecular complexity index is 71.0. The molecule has 0 N–H and O–H groups in total. The zero-order chi connectivity index (χ0) is 7.41. The molecule has 0 atom stereocenters. The SMILES string of the molecule is N#[C][K].N#[C][K].[Au][Au]. The van der Waals surface area contributed by atoms with Crippen molar-refractivity contribution in [1.29, 1.82) is 10.5 Å². The van der Waals surface area contributed by atoms with Crippen LogP contribution in [0.2, 0.25) is 0 Å². The van der Waals surface area contributed by atoms with E-state index in [1.54, 1.807) is 0 Å². The normalized spacial score (nSPS) is 3.25. The Morgan fingerprint density at radius 3 is 1.00 bits per heavy atom. The van der Waals surface area contributed by atoms with Crippen LogP contribution < -0.4 is 0 Å². The van der Waals surface area contributed by atoms with Gasteiger partial charge in [0, 0.05) is 0 Å². The standard InChI is InChI=1S/2CN.2Au.2K/c2*1-2;;;;. The van der Waals surface area contributed by atoms with E-state index in [1.165, 1.54) is 0 Å². The number of nitrogens with zero attached hydrogens (tertiary/aromatic N) is 2. The summed E-state index contributed by atoms with van der Waals surface area (Å²) >= 11 is 5.26. The van der Waals surface area contributed by atoms with Crippen molar-refractivity contribution in [3.63, 3.8) is 0 Å². The molecule has 0 aromatic rings. The first-order valence-corrected chi connectivity index (χ1v) is 10.7. The summed E-state index contributed by atoms with van der Waals surface area (Å²) in [6.07, 6.45) is 0. The van der Waals surface area contributed by atoms with Crippen LogP contribution in [0.1, 0.15) is 0 Å². The molecule has 2 nitrogen and oxygen atoms in total. The number of rotatable bonds is 0. The molecule has 0 fully saturated rings. The van der Waals surface area contributed by atoms with Crippen molar-refractivity contribution < 1.29 is 35.3 Å². The second-order valence-corrected chi connectivity index (χ2v) is 1.84. The molecule has 0 heterocycles. The Kier molecular flexibility index (Phi) is 68.5. The molecule has 42 valence electrons. The minimum atomic E-state index is 0.410. The fraction of sp³-hybridized carbons (Fsp3) is 0. The maximum absolute atomic E-state index is 7.40. The van der Waals surface area contributed by atoms with E-state index in [4.69, 9.17) is 10.5 Å². The Labute approximate surface area is 139 Å². The van der Waals surface area contributed by atoms with Gasteiger partial charge in [-0.05, 0) is 0 Å². The Morgan fingerprint density at radius 1 is 1.00 bits per heavy atom. The molecule has 0 rings (SSSR count). The summed E-state index contributed by atoms with van der Waals surface area (Å²) < 4.78 is 3.88. The third-order valence-corrected chi connectivity index (χ3v) is 0. The van der Waals surface area contributed by atoms with Crippen LogP contribution in [0.15, 0.2) is 0 Å². The fourth-order valence-electron chi connectivity index (χ4n) is 0. The van der Waals surface area contributed by atoms with Gasteiger partial charge in [0.1, 0.15) is 0 Å². The van der Waals surface area contributed by atoms with E-state index in [1.807, 2.05) is 0.328 Å². The van der Waals surface area contributed by atoms with Crippen LogP contribution in [0, 0.1) is 10.9 Å². The molecule has 6 heteroatoms. The Balaban J connectivity index is -0.0000000483. The summed E-state index contributed by atoms with van der Waals surface area (Å²) in [6.45, 7) is 0. The molecular formula is C2Au2K2N2. The molecule has 0 aliphatic carbocycles. The molecular weight excluding hydrogens is 524 g/mol. The van der Waals surface area contributed by atoms with E-state index in [0.29, 0.717) is 97.9 Å². The van der Waals surface area contributed by atoms with Gasteiger partial charge < -0.3 is 0 Å². The van der Waals surface area contributed by atoms with Crippen molar-refractivity contribution in [2.75, 3.05) is 0 Å². The van der Waals surface area contributed by atoms with Gasteiger partial charge in [-0.2, -0.15) is 0 Å². The molecule has 0 spiro atoms. The monoisotopic (exact) mass is 524 g/mol. The first kappa shape index (κ1) is 17.7. The van der Waals surface area contributed by atoms with Crippen molar-refractivity contribution in [3.8, 4) is 0.328 Å². The molecule has 0 bridgehead atoms. The Hall–Kier alpha value is 3.73. The maximum atomic E-state index is 7.40. The first-order chi connectivity index (χ1) is 3.83. The molecule has 0 aliphatic rings. The van der Waals surface area contributed by atoms with E-state index < -0.39 is 0 Å². The number of hydrogen-bond acceptors (Lipinski definition) is 2. The van der Waals surface area contributed by atoms with E-state index in [2.05, 4.69) is 35.3 Å². The molecule has 0 saturated carbocycles. The second kappa shape index (κ2) is 30.9. The van der Waals surface area contributed by atoms with Crippen LogP contribution in [0.5, 0.6) is 0 Å². The summed E-state index contributed by atoms with van der Waals surface area (Å²) in [5.41, 5.74) is 0. The van der Waals surface area contributed by atoms with E-state index in [-0.39, 0.29) is 0 Å². The van der Waals surface area contributed by atoms with E-state index in [9.17, 15) is 0 Å².